The van der Waals surface area contributed by atoms with Gasteiger partial charge in [0.15, 0.2) is 0 Å². The van der Waals surface area contributed by atoms with Crippen molar-refractivity contribution in [1.82, 2.24) is 10.2 Å². The van der Waals surface area contributed by atoms with Crippen LogP contribution < -0.4 is 5.32 Å². The van der Waals surface area contributed by atoms with E-state index in [0.29, 0.717) is 6.54 Å². The van der Waals surface area contributed by atoms with Crippen LogP contribution in [0.1, 0.15) is 33.6 Å². The number of rotatable bonds is 7. The summed E-state index contributed by atoms with van der Waals surface area (Å²) in [4.78, 5) is 13.6. The molecule has 0 aromatic rings. The summed E-state index contributed by atoms with van der Waals surface area (Å²) >= 11 is 0. The van der Waals surface area contributed by atoms with Crippen LogP contribution in [0.5, 0.6) is 0 Å². The molecule has 0 radical (unpaired) electrons. The van der Waals surface area contributed by atoms with Crippen LogP contribution in [0, 0.1) is 0 Å². The summed E-state index contributed by atoms with van der Waals surface area (Å²) in [5.41, 5.74) is 0. The lowest BCUT2D eigenvalue weighted by Crippen LogP contribution is -2.46. The number of hydrogen-bond donors (Lipinski definition) is 2. The first-order valence-corrected chi connectivity index (χ1v) is 5.64. The molecule has 2 unspecified atom stereocenters. The van der Waals surface area contributed by atoms with Crippen molar-refractivity contribution in [2.24, 2.45) is 0 Å². The third-order valence-electron chi connectivity index (χ3n) is 2.60. The van der Waals surface area contributed by atoms with E-state index in [9.17, 15) is 4.79 Å². The number of likely N-dealkylation sites (N-methyl/N-ethyl adjacent to an activating group) is 1. The number of aliphatic hydroxyl groups excluding tert-OH is 1. The zero-order valence-electron chi connectivity index (χ0n) is 10.3. The molecule has 0 aliphatic carbocycles. The summed E-state index contributed by atoms with van der Waals surface area (Å²) in [5, 5.41) is 11.7. The SMILES string of the molecule is CCCC(C)NC(=O)C(C)N(C)CCO. The minimum Gasteiger partial charge on any atom is -0.395 e. The zero-order valence-corrected chi connectivity index (χ0v) is 10.3. The van der Waals surface area contributed by atoms with Crippen molar-refractivity contribution in [3.05, 3.63) is 0 Å². The quantitative estimate of drug-likeness (QED) is 0.655. The fraction of sp³-hybridized carbons (Fsp3) is 0.909. The first kappa shape index (κ1) is 14.4. The highest BCUT2D eigenvalue weighted by molar-refractivity contribution is 5.81. The van der Waals surface area contributed by atoms with Gasteiger partial charge in [0.2, 0.25) is 5.91 Å². The van der Waals surface area contributed by atoms with Gasteiger partial charge >= 0.3 is 0 Å². The summed E-state index contributed by atoms with van der Waals surface area (Å²) in [5.74, 6) is 0.0342. The molecule has 4 heteroatoms. The monoisotopic (exact) mass is 216 g/mol. The average Bonchev–Trinajstić information content (AvgIpc) is 2.17. The lowest BCUT2D eigenvalue weighted by atomic mass is 10.2. The highest BCUT2D eigenvalue weighted by atomic mass is 16.3. The summed E-state index contributed by atoms with van der Waals surface area (Å²) < 4.78 is 0. The standard InChI is InChI=1S/C11H24N2O2/c1-5-6-9(2)12-11(15)10(3)13(4)7-8-14/h9-10,14H,5-8H2,1-4H3,(H,12,15). The number of hydrogen-bond acceptors (Lipinski definition) is 3. The molecule has 0 aromatic heterocycles. The third-order valence-corrected chi connectivity index (χ3v) is 2.60. The first-order valence-electron chi connectivity index (χ1n) is 5.64. The lowest BCUT2D eigenvalue weighted by Gasteiger charge is -2.24. The van der Waals surface area contributed by atoms with E-state index in [2.05, 4.69) is 12.2 Å². The van der Waals surface area contributed by atoms with E-state index < -0.39 is 0 Å². The molecule has 0 aliphatic heterocycles. The molecule has 15 heavy (non-hydrogen) atoms. The summed E-state index contributed by atoms with van der Waals surface area (Å²) in [6, 6.07) is 0.0453. The van der Waals surface area contributed by atoms with Gasteiger partial charge in [-0.15, -0.1) is 0 Å². The minimum absolute atomic E-state index is 0.0342. The van der Waals surface area contributed by atoms with Gasteiger partial charge in [-0.05, 0) is 27.3 Å². The smallest absolute Gasteiger partial charge is 0.237 e. The van der Waals surface area contributed by atoms with Crippen molar-refractivity contribution in [3.8, 4) is 0 Å². The zero-order chi connectivity index (χ0) is 11.8. The predicted molar refractivity (Wildman–Crippen MR) is 61.7 cm³/mol. The maximum absolute atomic E-state index is 11.7. The van der Waals surface area contributed by atoms with Crippen molar-refractivity contribution >= 4 is 5.91 Å². The Hall–Kier alpha value is -0.610. The van der Waals surface area contributed by atoms with Crippen LogP contribution in [0.15, 0.2) is 0 Å². The molecule has 90 valence electrons. The molecule has 2 atom stereocenters. The highest BCUT2D eigenvalue weighted by Gasteiger charge is 2.18. The molecule has 1 amide bonds. The lowest BCUT2D eigenvalue weighted by molar-refractivity contribution is -0.126. The predicted octanol–water partition coefficient (Wildman–Crippen LogP) is 0.604. The Bertz CT molecular complexity index is 185. The Morgan fingerprint density at radius 3 is 2.53 bits per heavy atom. The molecule has 2 N–H and O–H groups in total. The summed E-state index contributed by atoms with van der Waals surface area (Å²) in [6.07, 6.45) is 2.07. The van der Waals surface area contributed by atoms with Gasteiger partial charge in [0.25, 0.3) is 0 Å². The van der Waals surface area contributed by atoms with Gasteiger partial charge in [-0.1, -0.05) is 13.3 Å². The van der Waals surface area contributed by atoms with E-state index in [-0.39, 0.29) is 24.6 Å². The van der Waals surface area contributed by atoms with Crippen molar-refractivity contribution in [1.29, 1.82) is 0 Å². The highest BCUT2D eigenvalue weighted by Crippen LogP contribution is 1.99. The second-order valence-corrected chi connectivity index (χ2v) is 4.08. The molecule has 0 saturated heterocycles. The molecule has 0 bridgehead atoms. The topological polar surface area (TPSA) is 52.6 Å². The summed E-state index contributed by atoms with van der Waals surface area (Å²) in [6.45, 7) is 6.57. The van der Waals surface area contributed by atoms with Crippen LogP contribution in [-0.4, -0.2) is 48.2 Å². The second kappa shape index (κ2) is 7.65. The van der Waals surface area contributed by atoms with Crippen LogP contribution in [0.2, 0.25) is 0 Å². The van der Waals surface area contributed by atoms with E-state index in [1.165, 1.54) is 0 Å². The number of carbonyl (C=O) groups is 1. The van der Waals surface area contributed by atoms with Crippen molar-refractivity contribution in [2.45, 2.75) is 45.7 Å². The average molecular weight is 216 g/mol. The van der Waals surface area contributed by atoms with Gasteiger partial charge in [-0.3, -0.25) is 9.69 Å². The van der Waals surface area contributed by atoms with Crippen molar-refractivity contribution in [2.75, 3.05) is 20.2 Å². The van der Waals surface area contributed by atoms with E-state index >= 15 is 0 Å². The van der Waals surface area contributed by atoms with Gasteiger partial charge in [-0.25, -0.2) is 0 Å². The first-order chi connectivity index (χ1) is 7.02. The Morgan fingerprint density at radius 2 is 2.07 bits per heavy atom. The van der Waals surface area contributed by atoms with Gasteiger partial charge in [0.1, 0.15) is 0 Å². The molecule has 0 fully saturated rings. The fourth-order valence-corrected chi connectivity index (χ4v) is 1.42. The summed E-state index contributed by atoms with van der Waals surface area (Å²) in [7, 11) is 1.84. The maximum atomic E-state index is 11.7. The van der Waals surface area contributed by atoms with Crippen LogP contribution in [0.4, 0.5) is 0 Å². The van der Waals surface area contributed by atoms with E-state index in [1.54, 1.807) is 0 Å². The van der Waals surface area contributed by atoms with Gasteiger partial charge < -0.3 is 10.4 Å². The normalized spacial score (nSPS) is 15.1. The molecule has 4 nitrogen and oxygen atoms in total. The van der Waals surface area contributed by atoms with E-state index in [4.69, 9.17) is 5.11 Å². The van der Waals surface area contributed by atoms with Crippen LogP contribution in [0.3, 0.4) is 0 Å². The Kier molecular flexibility index (Phi) is 7.34. The number of carbonyl (C=O) groups excluding carboxylic acids is 1. The molecule has 0 rings (SSSR count). The molecular weight excluding hydrogens is 192 g/mol. The molecular formula is C11H24N2O2. The van der Waals surface area contributed by atoms with Gasteiger partial charge in [0, 0.05) is 12.6 Å². The van der Waals surface area contributed by atoms with E-state index in [0.717, 1.165) is 12.8 Å². The Balaban J connectivity index is 3.97. The van der Waals surface area contributed by atoms with Crippen molar-refractivity contribution < 1.29 is 9.90 Å². The molecule has 0 heterocycles. The number of nitrogens with zero attached hydrogens (tertiary/aromatic N) is 1. The number of nitrogens with one attached hydrogen (secondary N) is 1. The van der Waals surface area contributed by atoms with Crippen LogP contribution >= 0.6 is 0 Å². The Labute approximate surface area is 92.7 Å². The van der Waals surface area contributed by atoms with Gasteiger partial charge in [-0.2, -0.15) is 0 Å². The molecule has 0 aliphatic rings. The molecule has 0 aromatic carbocycles. The van der Waals surface area contributed by atoms with Gasteiger partial charge in [0.05, 0.1) is 12.6 Å². The fourth-order valence-electron chi connectivity index (χ4n) is 1.42. The molecule has 0 spiro atoms. The van der Waals surface area contributed by atoms with Crippen LogP contribution in [-0.2, 0) is 4.79 Å². The largest absolute Gasteiger partial charge is 0.395 e. The Morgan fingerprint density at radius 1 is 1.47 bits per heavy atom. The van der Waals surface area contributed by atoms with Crippen molar-refractivity contribution in [3.63, 3.8) is 0 Å². The number of amides is 1. The maximum Gasteiger partial charge on any atom is 0.237 e. The number of aliphatic hydroxyl groups is 1. The minimum atomic E-state index is -0.184. The molecule has 0 saturated carbocycles. The third kappa shape index (κ3) is 5.74. The second-order valence-electron chi connectivity index (χ2n) is 4.08. The van der Waals surface area contributed by atoms with Crippen LogP contribution in [0.25, 0.3) is 0 Å². The van der Waals surface area contributed by atoms with E-state index in [1.807, 2.05) is 25.8 Å².